The first-order chi connectivity index (χ1) is 19.4. The van der Waals surface area contributed by atoms with Crippen molar-refractivity contribution in [3.05, 3.63) is 100 Å². The number of aliphatic carboxylic acids is 1. The third kappa shape index (κ3) is 5.82. The monoisotopic (exact) mass is 568 g/mol. The van der Waals surface area contributed by atoms with Crippen LogP contribution in [0.3, 0.4) is 0 Å². The highest BCUT2D eigenvalue weighted by Crippen LogP contribution is 2.48. The summed E-state index contributed by atoms with van der Waals surface area (Å²) in [6.45, 7) is 1.17. The molecular formula is C31H28F4N2O4. The van der Waals surface area contributed by atoms with Crippen LogP contribution in [0.5, 0.6) is 0 Å². The number of hydrogen-bond donors (Lipinski definition) is 2. The standard InChI is InChI=1S/C31H28F4N2O4/c1-18(31(33,34)35)26(27(38)36-22-5-2-4-20(14-22)15-30(12-13-30)29(40)41)21-10-8-19(9-11-21)16-37-17-24-23(28(37)39)6-3-7-25(24)32/h2-11,14,18,26H,12-13,15-17H2,1H3,(H,36,38)(H,40,41). The van der Waals surface area contributed by atoms with E-state index >= 15 is 0 Å². The number of amides is 2. The summed E-state index contributed by atoms with van der Waals surface area (Å²) in [5, 5.41) is 12.1. The third-order valence-electron chi connectivity index (χ3n) is 8.04. The highest BCUT2D eigenvalue weighted by Gasteiger charge is 2.50. The molecule has 1 heterocycles. The van der Waals surface area contributed by atoms with Crippen molar-refractivity contribution >= 4 is 23.5 Å². The number of alkyl halides is 3. The van der Waals surface area contributed by atoms with Crippen molar-refractivity contribution in [2.75, 3.05) is 5.32 Å². The molecule has 3 aromatic carbocycles. The zero-order valence-corrected chi connectivity index (χ0v) is 22.2. The average molecular weight is 569 g/mol. The maximum Gasteiger partial charge on any atom is 0.392 e. The Kier molecular flexibility index (Phi) is 7.35. The quantitative estimate of drug-likeness (QED) is 0.296. The van der Waals surface area contributed by atoms with Gasteiger partial charge in [-0.3, -0.25) is 14.4 Å². The first-order valence-corrected chi connectivity index (χ1v) is 13.2. The van der Waals surface area contributed by atoms with Crippen molar-refractivity contribution in [3.63, 3.8) is 0 Å². The highest BCUT2D eigenvalue weighted by atomic mass is 19.4. The molecule has 1 saturated carbocycles. The second kappa shape index (κ2) is 10.6. The van der Waals surface area contributed by atoms with E-state index in [1.54, 1.807) is 42.5 Å². The van der Waals surface area contributed by atoms with Crippen molar-refractivity contribution in [1.82, 2.24) is 4.90 Å². The van der Waals surface area contributed by atoms with E-state index in [1.807, 2.05) is 0 Å². The Morgan fingerprint density at radius 1 is 1.02 bits per heavy atom. The van der Waals surface area contributed by atoms with E-state index in [1.165, 1.54) is 29.2 Å². The number of carboxylic acids is 1. The van der Waals surface area contributed by atoms with Gasteiger partial charge in [0.25, 0.3) is 5.91 Å². The molecule has 2 amide bonds. The fraction of sp³-hybridized carbons (Fsp3) is 0.323. The summed E-state index contributed by atoms with van der Waals surface area (Å²) in [6, 6.07) is 16.8. The lowest BCUT2D eigenvalue weighted by Crippen LogP contribution is -2.34. The molecule has 0 spiro atoms. The molecule has 2 unspecified atom stereocenters. The zero-order chi connectivity index (χ0) is 29.5. The fourth-order valence-corrected chi connectivity index (χ4v) is 5.37. The van der Waals surface area contributed by atoms with E-state index < -0.39 is 41.1 Å². The summed E-state index contributed by atoms with van der Waals surface area (Å²) in [5.41, 5.74) is 1.50. The van der Waals surface area contributed by atoms with Crippen molar-refractivity contribution in [2.24, 2.45) is 11.3 Å². The normalized spacial score (nSPS) is 17.1. The van der Waals surface area contributed by atoms with Gasteiger partial charge in [0.05, 0.1) is 23.8 Å². The van der Waals surface area contributed by atoms with Crippen molar-refractivity contribution in [2.45, 2.75) is 51.4 Å². The molecule has 2 aliphatic rings. The number of carbonyl (C=O) groups excluding carboxylic acids is 2. The molecule has 5 rings (SSSR count). The average Bonchev–Trinajstić information content (AvgIpc) is 3.63. The molecule has 0 aromatic heterocycles. The predicted molar refractivity (Wildman–Crippen MR) is 142 cm³/mol. The minimum absolute atomic E-state index is 0.0887. The SMILES string of the molecule is CC(C(C(=O)Nc1cccc(CC2(C(=O)O)CC2)c1)c1ccc(CN2Cc3c(F)cccc3C2=O)cc1)C(F)(F)F. The van der Waals surface area contributed by atoms with Crippen LogP contribution in [0.25, 0.3) is 0 Å². The Labute approximate surface area is 234 Å². The lowest BCUT2D eigenvalue weighted by atomic mass is 9.85. The van der Waals surface area contributed by atoms with Crippen LogP contribution in [0, 0.1) is 17.2 Å². The summed E-state index contributed by atoms with van der Waals surface area (Å²) in [6.07, 6.45) is -3.28. The number of anilines is 1. The number of halogens is 4. The maximum absolute atomic E-state index is 14.1. The van der Waals surface area contributed by atoms with Gasteiger partial charge in [-0.2, -0.15) is 13.2 Å². The molecule has 10 heteroatoms. The number of carbonyl (C=O) groups is 3. The van der Waals surface area contributed by atoms with Crippen LogP contribution in [-0.2, 0) is 29.1 Å². The van der Waals surface area contributed by atoms with Crippen LogP contribution in [0.2, 0.25) is 0 Å². The molecule has 0 saturated heterocycles. The summed E-state index contributed by atoms with van der Waals surface area (Å²) < 4.78 is 55.7. The van der Waals surface area contributed by atoms with Gasteiger partial charge in [-0.25, -0.2) is 4.39 Å². The van der Waals surface area contributed by atoms with E-state index in [0.717, 1.165) is 6.92 Å². The topological polar surface area (TPSA) is 86.7 Å². The predicted octanol–water partition coefficient (Wildman–Crippen LogP) is 6.31. The number of nitrogens with zero attached hydrogens (tertiary/aromatic N) is 1. The zero-order valence-electron chi connectivity index (χ0n) is 22.2. The van der Waals surface area contributed by atoms with Crippen molar-refractivity contribution in [3.8, 4) is 0 Å². The molecule has 3 aromatic rings. The Morgan fingerprint density at radius 3 is 2.32 bits per heavy atom. The number of rotatable bonds is 9. The van der Waals surface area contributed by atoms with Gasteiger partial charge in [-0.1, -0.05) is 49.4 Å². The van der Waals surface area contributed by atoms with E-state index in [2.05, 4.69) is 5.32 Å². The lowest BCUT2D eigenvalue weighted by molar-refractivity contribution is -0.178. The van der Waals surface area contributed by atoms with Gasteiger partial charge in [0.15, 0.2) is 0 Å². The molecule has 41 heavy (non-hydrogen) atoms. The Morgan fingerprint density at radius 2 is 1.71 bits per heavy atom. The van der Waals surface area contributed by atoms with Gasteiger partial charge < -0.3 is 15.3 Å². The van der Waals surface area contributed by atoms with Gasteiger partial charge >= 0.3 is 12.1 Å². The molecule has 2 atom stereocenters. The third-order valence-corrected chi connectivity index (χ3v) is 8.04. The van der Waals surface area contributed by atoms with E-state index in [-0.39, 0.29) is 42.2 Å². The minimum atomic E-state index is -4.65. The molecular weight excluding hydrogens is 540 g/mol. The van der Waals surface area contributed by atoms with E-state index in [0.29, 0.717) is 29.5 Å². The van der Waals surface area contributed by atoms with Crippen LogP contribution in [0.4, 0.5) is 23.2 Å². The number of nitrogens with one attached hydrogen (secondary N) is 1. The van der Waals surface area contributed by atoms with Crippen LogP contribution in [0.1, 0.15) is 58.3 Å². The maximum atomic E-state index is 14.1. The summed E-state index contributed by atoms with van der Waals surface area (Å²) in [4.78, 5) is 39.0. The molecule has 6 nitrogen and oxygen atoms in total. The molecule has 1 fully saturated rings. The smallest absolute Gasteiger partial charge is 0.392 e. The first kappa shape index (κ1) is 28.3. The number of fused-ring (bicyclic) bond motifs is 1. The molecule has 2 N–H and O–H groups in total. The highest BCUT2D eigenvalue weighted by molar-refractivity contribution is 5.98. The second-order valence-electron chi connectivity index (χ2n) is 10.9. The van der Waals surface area contributed by atoms with Crippen LogP contribution in [-0.4, -0.2) is 34.0 Å². The summed E-state index contributed by atoms with van der Waals surface area (Å²) in [7, 11) is 0. The number of hydrogen-bond acceptors (Lipinski definition) is 3. The largest absolute Gasteiger partial charge is 0.481 e. The Hall–Kier alpha value is -4.21. The summed E-state index contributed by atoms with van der Waals surface area (Å²) in [5.74, 6) is -6.10. The van der Waals surface area contributed by atoms with E-state index in [9.17, 15) is 37.1 Å². The van der Waals surface area contributed by atoms with Crippen LogP contribution >= 0.6 is 0 Å². The van der Waals surface area contributed by atoms with Crippen LogP contribution < -0.4 is 5.32 Å². The molecule has 214 valence electrons. The molecule has 0 radical (unpaired) electrons. The lowest BCUT2D eigenvalue weighted by Gasteiger charge is -2.26. The van der Waals surface area contributed by atoms with Gasteiger partial charge in [-0.15, -0.1) is 0 Å². The van der Waals surface area contributed by atoms with Gasteiger partial charge in [-0.05, 0) is 60.2 Å². The molecule has 1 aliphatic carbocycles. The number of benzene rings is 3. The van der Waals surface area contributed by atoms with Crippen molar-refractivity contribution in [1.29, 1.82) is 0 Å². The van der Waals surface area contributed by atoms with Crippen LogP contribution in [0.15, 0.2) is 66.7 Å². The second-order valence-corrected chi connectivity index (χ2v) is 10.9. The molecule has 0 bridgehead atoms. The van der Waals surface area contributed by atoms with E-state index in [4.69, 9.17) is 0 Å². The fourth-order valence-electron chi connectivity index (χ4n) is 5.37. The van der Waals surface area contributed by atoms with Crippen molar-refractivity contribution < 1.29 is 37.1 Å². The Bertz CT molecular complexity index is 1500. The van der Waals surface area contributed by atoms with Gasteiger partial charge in [0.2, 0.25) is 5.91 Å². The number of carboxylic acid groups (broad SMARTS) is 1. The Balaban J connectivity index is 1.33. The van der Waals surface area contributed by atoms with Gasteiger partial charge in [0.1, 0.15) is 5.82 Å². The van der Waals surface area contributed by atoms with Gasteiger partial charge in [0, 0.05) is 23.4 Å². The first-order valence-electron chi connectivity index (χ1n) is 13.2. The molecule has 1 aliphatic heterocycles. The minimum Gasteiger partial charge on any atom is -0.481 e. The summed E-state index contributed by atoms with van der Waals surface area (Å²) >= 11 is 0.